The monoisotopic (exact) mass is 264 g/mol. The molecule has 0 fully saturated rings. The summed E-state index contributed by atoms with van der Waals surface area (Å²) < 4.78 is 5.21. The fraction of sp³-hybridized carbons (Fsp3) is 0.125. The van der Waals surface area contributed by atoms with Crippen molar-refractivity contribution in [3.8, 4) is 0 Å². The van der Waals surface area contributed by atoms with Gasteiger partial charge in [-0.1, -0.05) is 24.3 Å². The lowest BCUT2D eigenvalue weighted by Gasteiger charge is -2.15. The summed E-state index contributed by atoms with van der Waals surface area (Å²) in [6.07, 6.45) is 1.60. The molecule has 0 unspecified atom stereocenters. The van der Waals surface area contributed by atoms with Gasteiger partial charge >= 0.3 is 0 Å². The Hall–Kier alpha value is -2.62. The highest BCUT2D eigenvalue weighted by molar-refractivity contribution is 6.24. The van der Waals surface area contributed by atoms with Crippen molar-refractivity contribution in [1.29, 1.82) is 0 Å². The Morgan fingerprint density at radius 1 is 1.20 bits per heavy atom. The van der Waals surface area contributed by atoms with Gasteiger partial charge in [0.1, 0.15) is 6.26 Å². The molecule has 1 aliphatic heterocycles. The number of carbonyl (C=O) groups excluding carboxylic acids is 1. The van der Waals surface area contributed by atoms with E-state index in [-0.39, 0.29) is 5.91 Å². The molecule has 1 aromatic heterocycles. The number of benzene rings is 2. The number of rotatable bonds is 2. The van der Waals surface area contributed by atoms with Crippen LogP contribution in [0.2, 0.25) is 0 Å². The minimum atomic E-state index is 0.0254. The number of amides is 1. The van der Waals surface area contributed by atoms with Crippen molar-refractivity contribution in [3.05, 3.63) is 59.8 Å². The first-order valence-corrected chi connectivity index (χ1v) is 6.48. The van der Waals surface area contributed by atoms with E-state index < -0.39 is 0 Å². The summed E-state index contributed by atoms with van der Waals surface area (Å²) in [7, 11) is 0. The standard InChI is InChI=1S/C16H12N2O2/c1-10-17-12(9-20-10)8-18-14-7-3-5-11-4-2-6-13(15(11)14)16(18)19/h2-7,9H,8H2,1H3. The smallest absolute Gasteiger partial charge is 0.259 e. The van der Waals surface area contributed by atoms with Crippen molar-refractivity contribution >= 4 is 22.4 Å². The minimum Gasteiger partial charge on any atom is -0.449 e. The molecule has 0 radical (unpaired) electrons. The molecule has 0 aliphatic carbocycles. The summed E-state index contributed by atoms with van der Waals surface area (Å²) >= 11 is 0. The number of nitrogens with zero attached hydrogens (tertiary/aromatic N) is 2. The predicted octanol–water partition coefficient (Wildman–Crippen LogP) is 3.30. The van der Waals surface area contributed by atoms with Crippen LogP contribution in [0.15, 0.2) is 47.1 Å². The molecular formula is C16H12N2O2. The Morgan fingerprint density at radius 3 is 2.75 bits per heavy atom. The number of aromatic nitrogens is 1. The maximum atomic E-state index is 12.6. The van der Waals surface area contributed by atoms with Crippen LogP contribution in [0.5, 0.6) is 0 Å². The first-order valence-electron chi connectivity index (χ1n) is 6.48. The molecule has 3 aromatic rings. The van der Waals surface area contributed by atoms with Gasteiger partial charge in [0.25, 0.3) is 5.91 Å². The fourth-order valence-corrected chi connectivity index (χ4v) is 2.78. The second kappa shape index (κ2) is 3.93. The molecule has 20 heavy (non-hydrogen) atoms. The van der Waals surface area contributed by atoms with Gasteiger partial charge in [-0.15, -0.1) is 0 Å². The minimum absolute atomic E-state index is 0.0254. The van der Waals surface area contributed by atoms with Gasteiger partial charge in [-0.05, 0) is 17.5 Å². The van der Waals surface area contributed by atoms with Crippen LogP contribution in [0.3, 0.4) is 0 Å². The van der Waals surface area contributed by atoms with Crippen LogP contribution in [0.1, 0.15) is 21.9 Å². The van der Waals surface area contributed by atoms with Gasteiger partial charge in [0.2, 0.25) is 0 Å². The number of carbonyl (C=O) groups is 1. The molecule has 4 nitrogen and oxygen atoms in total. The molecule has 1 amide bonds. The zero-order valence-electron chi connectivity index (χ0n) is 11.0. The summed E-state index contributed by atoms with van der Waals surface area (Å²) in [6.45, 7) is 2.23. The van der Waals surface area contributed by atoms with Crippen molar-refractivity contribution in [3.63, 3.8) is 0 Å². The fourth-order valence-electron chi connectivity index (χ4n) is 2.78. The topological polar surface area (TPSA) is 46.3 Å². The maximum absolute atomic E-state index is 12.6. The third-order valence-electron chi connectivity index (χ3n) is 3.64. The predicted molar refractivity (Wildman–Crippen MR) is 75.7 cm³/mol. The zero-order chi connectivity index (χ0) is 13.7. The normalized spacial score (nSPS) is 13.4. The number of hydrogen-bond acceptors (Lipinski definition) is 3. The van der Waals surface area contributed by atoms with Crippen LogP contribution in [0, 0.1) is 6.92 Å². The second-order valence-corrected chi connectivity index (χ2v) is 4.93. The van der Waals surface area contributed by atoms with Gasteiger partial charge in [0.05, 0.1) is 17.9 Å². The van der Waals surface area contributed by atoms with E-state index >= 15 is 0 Å². The summed E-state index contributed by atoms with van der Waals surface area (Å²) in [5, 5.41) is 2.12. The second-order valence-electron chi connectivity index (χ2n) is 4.93. The van der Waals surface area contributed by atoms with Gasteiger partial charge in [0, 0.05) is 17.9 Å². The largest absolute Gasteiger partial charge is 0.449 e. The molecule has 0 spiro atoms. The Bertz CT molecular complexity index is 830. The van der Waals surface area contributed by atoms with Crippen molar-refractivity contribution < 1.29 is 9.21 Å². The maximum Gasteiger partial charge on any atom is 0.259 e. The summed E-state index contributed by atoms with van der Waals surface area (Å²) in [6, 6.07) is 11.8. The third kappa shape index (κ3) is 1.48. The van der Waals surface area contributed by atoms with E-state index in [1.54, 1.807) is 18.1 Å². The molecule has 0 saturated carbocycles. The van der Waals surface area contributed by atoms with Crippen LogP contribution >= 0.6 is 0 Å². The molecule has 4 rings (SSSR count). The van der Waals surface area contributed by atoms with Gasteiger partial charge in [-0.2, -0.15) is 0 Å². The first kappa shape index (κ1) is 11.2. The number of aryl methyl sites for hydroxylation is 1. The van der Waals surface area contributed by atoms with Crippen molar-refractivity contribution in [1.82, 2.24) is 4.98 Å². The van der Waals surface area contributed by atoms with Gasteiger partial charge in [0.15, 0.2) is 5.89 Å². The lowest BCUT2D eigenvalue weighted by molar-refractivity contribution is 0.0991. The van der Waals surface area contributed by atoms with Crippen LogP contribution in [0.4, 0.5) is 5.69 Å². The highest BCUT2D eigenvalue weighted by atomic mass is 16.3. The molecule has 4 heteroatoms. The lowest BCUT2D eigenvalue weighted by Crippen LogP contribution is -2.26. The molecule has 0 bridgehead atoms. The van der Waals surface area contributed by atoms with Gasteiger partial charge < -0.3 is 9.32 Å². The molecule has 0 atom stereocenters. The van der Waals surface area contributed by atoms with Crippen LogP contribution in [0.25, 0.3) is 10.8 Å². The number of hydrogen-bond donors (Lipinski definition) is 0. The third-order valence-corrected chi connectivity index (χ3v) is 3.64. The molecule has 2 heterocycles. The van der Waals surface area contributed by atoms with E-state index in [4.69, 9.17) is 4.42 Å². The Kier molecular flexibility index (Phi) is 2.21. The summed E-state index contributed by atoms with van der Waals surface area (Å²) in [4.78, 5) is 18.6. The molecule has 0 N–H and O–H groups in total. The molecular weight excluding hydrogens is 252 g/mol. The Morgan fingerprint density at radius 2 is 2.00 bits per heavy atom. The van der Waals surface area contributed by atoms with Crippen molar-refractivity contribution in [2.45, 2.75) is 13.5 Å². The highest BCUT2D eigenvalue weighted by Gasteiger charge is 2.29. The van der Waals surface area contributed by atoms with E-state index in [0.717, 1.165) is 27.7 Å². The molecule has 98 valence electrons. The SMILES string of the molecule is Cc1nc(CN2C(=O)c3cccc4cccc2c34)co1. The van der Waals surface area contributed by atoms with E-state index in [1.165, 1.54) is 0 Å². The van der Waals surface area contributed by atoms with Gasteiger partial charge in [-0.25, -0.2) is 4.98 Å². The van der Waals surface area contributed by atoms with Crippen LogP contribution in [-0.2, 0) is 6.54 Å². The van der Waals surface area contributed by atoms with E-state index in [2.05, 4.69) is 4.98 Å². The average Bonchev–Trinajstić information content (AvgIpc) is 2.98. The van der Waals surface area contributed by atoms with Crippen molar-refractivity contribution in [2.75, 3.05) is 4.90 Å². The quantitative estimate of drug-likeness (QED) is 0.713. The van der Waals surface area contributed by atoms with Crippen molar-refractivity contribution in [2.24, 2.45) is 0 Å². The Balaban J connectivity index is 1.84. The van der Waals surface area contributed by atoms with Crippen LogP contribution < -0.4 is 4.90 Å². The molecule has 0 saturated heterocycles. The summed E-state index contributed by atoms with van der Waals surface area (Å²) in [5.74, 6) is 0.639. The first-order chi connectivity index (χ1) is 9.74. The average molecular weight is 264 g/mol. The van der Waals surface area contributed by atoms with E-state index in [9.17, 15) is 4.79 Å². The van der Waals surface area contributed by atoms with Crippen LogP contribution in [-0.4, -0.2) is 10.9 Å². The number of oxazole rings is 1. The zero-order valence-corrected chi connectivity index (χ0v) is 11.0. The summed E-state index contributed by atoms with van der Waals surface area (Å²) in [5.41, 5.74) is 2.47. The van der Waals surface area contributed by atoms with E-state index in [1.807, 2.05) is 36.4 Å². The number of anilines is 1. The Labute approximate surface area is 115 Å². The molecule has 1 aliphatic rings. The van der Waals surface area contributed by atoms with Gasteiger partial charge in [-0.3, -0.25) is 4.79 Å². The van der Waals surface area contributed by atoms with E-state index in [0.29, 0.717) is 12.4 Å². The lowest BCUT2D eigenvalue weighted by atomic mass is 10.1. The molecule has 2 aromatic carbocycles. The highest BCUT2D eigenvalue weighted by Crippen LogP contribution is 2.37.